The predicted octanol–water partition coefficient (Wildman–Crippen LogP) is 2.62. The molecule has 0 saturated heterocycles. The van der Waals surface area contributed by atoms with Gasteiger partial charge in [0.05, 0.1) is 6.61 Å². The molecule has 0 radical (unpaired) electrons. The van der Waals surface area contributed by atoms with Gasteiger partial charge in [-0.15, -0.1) is 0 Å². The van der Waals surface area contributed by atoms with Gasteiger partial charge in [-0.05, 0) is 25.5 Å². The van der Waals surface area contributed by atoms with Gasteiger partial charge < -0.3 is 10.1 Å². The van der Waals surface area contributed by atoms with Crippen molar-refractivity contribution in [3.63, 3.8) is 0 Å². The van der Waals surface area contributed by atoms with Gasteiger partial charge in [0.15, 0.2) is 0 Å². The van der Waals surface area contributed by atoms with Gasteiger partial charge in [0.2, 0.25) is 5.91 Å². The van der Waals surface area contributed by atoms with Crippen molar-refractivity contribution < 1.29 is 9.53 Å². The summed E-state index contributed by atoms with van der Waals surface area (Å²) in [5.74, 6) is 0.729. The van der Waals surface area contributed by atoms with Crippen LogP contribution in [0.5, 0.6) is 5.75 Å². The van der Waals surface area contributed by atoms with Crippen molar-refractivity contribution in [1.82, 2.24) is 5.32 Å². The first-order valence-electron chi connectivity index (χ1n) is 5.95. The molecule has 1 amide bonds. The third-order valence-corrected chi connectivity index (χ3v) is 2.15. The molecule has 1 N–H and O–H groups in total. The number of carbonyl (C=O) groups is 1. The van der Waals surface area contributed by atoms with E-state index in [0.717, 1.165) is 17.7 Å². The van der Waals surface area contributed by atoms with Gasteiger partial charge in [-0.3, -0.25) is 4.79 Å². The van der Waals surface area contributed by atoms with E-state index in [1.54, 1.807) is 6.08 Å². The first-order valence-corrected chi connectivity index (χ1v) is 5.95. The zero-order valence-corrected chi connectivity index (χ0v) is 10.4. The first-order chi connectivity index (χ1) is 8.27. The zero-order chi connectivity index (χ0) is 12.5. The Balaban J connectivity index is 2.72. The average molecular weight is 233 g/mol. The Bertz CT molecular complexity index is 386. The number of benzene rings is 1. The van der Waals surface area contributed by atoms with Crippen LogP contribution < -0.4 is 10.1 Å². The van der Waals surface area contributed by atoms with Crippen molar-refractivity contribution in [3.05, 3.63) is 35.9 Å². The van der Waals surface area contributed by atoms with Crippen molar-refractivity contribution in [2.45, 2.75) is 20.3 Å². The molecule has 0 heterocycles. The second-order valence-corrected chi connectivity index (χ2v) is 3.61. The van der Waals surface area contributed by atoms with E-state index in [2.05, 4.69) is 12.2 Å². The third kappa shape index (κ3) is 4.72. The van der Waals surface area contributed by atoms with E-state index in [4.69, 9.17) is 4.74 Å². The fourth-order valence-corrected chi connectivity index (χ4v) is 1.36. The van der Waals surface area contributed by atoms with Gasteiger partial charge in [0, 0.05) is 18.2 Å². The van der Waals surface area contributed by atoms with Gasteiger partial charge in [-0.1, -0.05) is 25.1 Å². The molecule has 1 aromatic carbocycles. The number of hydrogen-bond acceptors (Lipinski definition) is 2. The second kappa shape index (κ2) is 7.49. The molecule has 3 nitrogen and oxygen atoms in total. The van der Waals surface area contributed by atoms with E-state index in [0.29, 0.717) is 13.2 Å². The summed E-state index contributed by atoms with van der Waals surface area (Å²) in [4.78, 5) is 11.3. The molecule has 0 saturated carbocycles. The Labute approximate surface area is 102 Å². The Morgan fingerprint density at radius 1 is 1.35 bits per heavy atom. The van der Waals surface area contributed by atoms with Crippen molar-refractivity contribution in [2.24, 2.45) is 0 Å². The fourth-order valence-electron chi connectivity index (χ4n) is 1.36. The van der Waals surface area contributed by atoms with E-state index in [-0.39, 0.29) is 5.91 Å². The maximum atomic E-state index is 11.3. The van der Waals surface area contributed by atoms with Crippen LogP contribution in [-0.2, 0) is 4.79 Å². The van der Waals surface area contributed by atoms with Gasteiger partial charge in [0.25, 0.3) is 0 Å². The number of para-hydroxylation sites is 1. The standard InChI is InChI=1S/C14H19NO2/c1-3-11-17-13-8-6-5-7-12(13)9-10-14(16)15-4-2/h5-10H,3-4,11H2,1-2H3,(H,15,16)/b10-9+. The third-order valence-electron chi connectivity index (χ3n) is 2.15. The van der Waals surface area contributed by atoms with E-state index in [1.807, 2.05) is 31.2 Å². The fraction of sp³-hybridized carbons (Fsp3) is 0.357. The number of ether oxygens (including phenoxy) is 1. The lowest BCUT2D eigenvalue weighted by molar-refractivity contribution is -0.116. The lowest BCUT2D eigenvalue weighted by atomic mass is 10.2. The number of carbonyl (C=O) groups excluding carboxylic acids is 1. The van der Waals surface area contributed by atoms with Crippen LogP contribution in [0, 0.1) is 0 Å². The van der Waals surface area contributed by atoms with Crippen LogP contribution in [0.25, 0.3) is 6.08 Å². The summed E-state index contributed by atoms with van der Waals surface area (Å²) in [6, 6.07) is 7.69. The molecule has 17 heavy (non-hydrogen) atoms. The van der Waals surface area contributed by atoms with Crippen LogP contribution in [0.4, 0.5) is 0 Å². The molecular weight excluding hydrogens is 214 g/mol. The van der Waals surface area contributed by atoms with Crippen LogP contribution in [0.1, 0.15) is 25.8 Å². The minimum absolute atomic E-state index is 0.0854. The van der Waals surface area contributed by atoms with E-state index < -0.39 is 0 Å². The molecule has 1 rings (SSSR count). The van der Waals surface area contributed by atoms with Gasteiger partial charge in [-0.2, -0.15) is 0 Å². The molecule has 92 valence electrons. The largest absolute Gasteiger partial charge is 0.493 e. The topological polar surface area (TPSA) is 38.3 Å². The van der Waals surface area contributed by atoms with Crippen molar-refractivity contribution in [1.29, 1.82) is 0 Å². The molecule has 0 aliphatic rings. The summed E-state index contributed by atoms with van der Waals surface area (Å²) >= 11 is 0. The molecule has 0 aromatic heterocycles. The summed E-state index contributed by atoms with van der Waals surface area (Å²) in [6.45, 7) is 5.28. The Hall–Kier alpha value is -1.77. The smallest absolute Gasteiger partial charge is 0.243 e. The minimum Gasteiger partial charge on any atom is -0.493 e. The highest BCUT2D eigenvalue weighted by atomic mass is 16.5. The van der Waals surface area contributed by atoms with Crippen LogP contribution in [0.3, 0.4) is 0 Å². The normalized spacial score (nSPS) is 10.5. The SMILES string of the molecule is CCCOc1ccccc1/C=C/C(=O)NCC. The van der Waals surface area contributed by atoms with Crippen LogP contribution >= 0.6 is 0 Å². The monoisotopic (exact) mass is 233 g/mol. The Kier molecular flexibility index (Phi) is 5.86. The Morgan fingerprint density at radius 3 is 2.82 bits per heavy atom. The Morgan fingerprint density at radius 2 is 2.12 bits per heavy atom. The first kappa shape index (κ1) is 13.3. The lowest BCUT2D eigenvalue weighted by Crippen LogP contribution is -2.19. The second-order valence-electron chi connectivity index (χ2n) is 3.61. The maximum absolute atomic E-state index is 11.3. The van der Waals surface area contributed by atoms with Crippen molar-refractivity contribution in [3.8, 4) is 5.75 Å². The van der Waals surface area contributed by atoms with E-state index in [1.165, 1.54) is 6.08 Å². The molecule has 1 aromatic rings. The highest BCUT2D eigenvalue weighted by Crippen LogP contribution is 2.19. The summed E-state index contributed by atoms with van der Waals surface area (Å²) in [7, 11) is 0. The highest BCUT2D eigenvalue weighted by molar-refractivity contribution is 5.92. The number of likely N-dealkylation sites (N-methyl/N-ethyl adjacent to an activating group) is 1. The summed E-state index contributed by atoms with van der Waals surface area (Å²) in [6.07, 6.45) is 4.27. The number of amides is 1. The van der Waals surface area contributed by atoms with Gasteiger partial charge in [-0.25, -0.2) is 0 Å². The molecular formula is C14H19NO2. The minimum atomic E-state index is -0.0854. The maximum Gasteiger partial charge on any atom is 0.243 e. The summed E-state index contributed by atoms with van der Waals surface area (Å²) in [5.41, 5.74) is 0.923. The molecule has 0 atom stereocenters. The number of nitrogens with one attached hydrogen (secondary N) is 1. The quantitative estimate of drug-likeness (QED) is 0.767. The van der Waals surface area contributed by atoms with E-state index in [9.17, 15) is 4.79 Å². The molecule has 0 aliphatic carbocycles. The summed E-state index contributed by atoms with van der Waals surface area (Å²) in [5, 5.41) is 2.71. The highest BCUT2D eigenvalue weighted by Gasteiger charge is 1.99. The zero-order valence-electron chi connectivity index (χ0n) is 10.4. The molecule has 3 heteroatoms. The van der Waals surface area contributed by atoms with Crippen molar-refractivity contribution >= 4 is 12.0 Å². The van der Waals surface area contributed by atoms with Crippen LogP contribution in [0.2, 0.25) is 0 Å². The van der Waals surface area contributed by atoms with Gasteiger partial charge >= 0.3 is 0 Å². The molecule has 0 unspecified atom stereocenters. The molecule has 0 fully saturated rings. The average Bonchev–Trinajstić information content (AvgIpc) is 2.35. The number of rotatable bonds is 6. The number of hydrogen-bond donors (Lipinski definition) is 1. The van der Waals surface area contributed by atoms with E-state index >= 15 is 0 Å². The lowest BCUT2D eigenvalue weighted by Gasteiger charge is -2.07. The molecule has 0 aliphatic heterocycles. The van der Waals surface area contributed by atoms with Gasteiger partial charge in [0.1, 0.15) is 5.75 Å². The predicted molar refractivity (Wildman–Crippen MR) is 69.9 cm³/mol. The molecule has 0 bridgehead atoms. The van der Waals surface area contributed by atoms with Crippen LogP contribution in [-0.4, -0.2) is 19.1 Å². The van der Waals surface area contributed by atoms with Crippen LogP contribution in [0.15, 0.2) is 30.3 Å². The van der Waals surface area contributed by atoms with Crippen molar-refractivity contribution in [2.75, 3.05) is 13.2 Å². The summed E-state index contributed by atoms with van der Waals surface area (Å²) < 4.78 is 5.60. The molecule has 0 spiro atoms.